The second-order valence-corrected chi connectivity index (χ2v) is 6.44. The zero-order valence-corrected chi connectivity index (χ0v) is 14.2. The first-order valence-corrected chi connectivity index (χ1v) is 8.15. The highest BCUT2D eigenvalue weighted by Gasteiger charge is 2.21. The van der Waals surface area contributed by atoms with Crippen LogP contribution in [-0.2, 0) is 0 Å². The molecule has 20 heavy (non-hydrogen) atoms. The van der Waals surface area contributed by atoms with Crippen LogP contribution in [0.25, 0.3) is 0 Å². The fourth-order valence-corrected chi connectivity index (χ4v) is 3.93. The predicted molar refractivity (Wildman–Crippen MR) is 84.0 cm³/mol. The van der Waals surface area contributed by atoms with Gasteiger partial charge in [-0.15, -0.1) is 0 Å². The summed E-state index contributed by atoms with van der Waals surface area (Å²) in [7, 11) is 0. The summed E-state index contributed by atoms with van der Waals surface area (Å²) in [5.74, 6) is 2.50. The first-order chi connectivity index (χ1) is 9.66. The first-order valence-electron chi connectivity index (χ1n) is 6.44. The van der Waals surface area contributed by atoms with Gasteiger partial charge in [-0.2, -0.15) is 0 Å². The van der Waals surface area contributed by atoms with E-state index >= 15 is 0 Å². The first kappa shape index (κ1) is 14.0. The van der Waals surface area contributed by atoms with Crippen LogP contribution in [-0.4, -0.2) is 13.2 Å². The van der Waals surface area contributed by atoms with Gasteiger partial charge in [0.2, 0.25) is 0 Å². The molecule has 1 aliphatic rings. The van der Waals surface area contributed by atoms with Crippen LogP contribution in [0.15, 0.2) is 33.4 Å². The number of hydrogen-bond acceptors (Lipinski definition) is 3. The zero-order chi connectivity index (χ0) is 14.1. The van der Waals surface area contributed by atoms with Crippen molar-refractivity contribution in [2.45, 2.75) is 18.2 Å². The molecule has 0 fully saturated rings. The number of hydrogen-bond donors (Lipinski definition) is 0. The van der Waals surface area contributed by atoms with Gasteiger partial charge in [-0.25, -0.2) is 0 Å². The SMILES string of the molecule is Cc1occc1C(Br)c1cc2c(cc1Br)OCCCO2. The smallest absolute Gasteiger partial charge is 0.162 e. The standard InChI is InChI=1S/C15H14Br2O3/c1-9-10(3-6-18-9)15(17)11-7-13-14(8-12(11)16)20-5-2-4-19-13/h3,6-8,15H,2,4-5H2,1H3. The summed E-state index contributed by atoms with van der Waals surface area (Å²) in [6, 6.07) is 5.97. The molecular weight excluding hydrogens is 388 g/mol. The Kier molecular flexibility index (Phi) is 4.08. The van der Waals surface area contributed by atoms with Crippen molar-refractivity contribution in [2.75, 3.05) is 13.2 Å². The minimum absolute atomic E-state index is 0.0489. The summed E-state index contributed by atoms with van der Waals surface area (Å²) in [6.45, 7) is 3.34. The number of alkyl halides is 1. The molecule has 0 radical (unpaired) electrons. The summed E-state index contributed by atoms with van der Waals surface area (Å²) in [5.41, 5.74) is 2.21. The van der Waals surface area contributed by atoms with Gasteiger partial charge in [0.05, 0.1) is 24.3 Å². The molecular formula is C15H14Br2O3. The molecule has 1 aliphatic heterocycles. The monoisotopic (exact) mass is 400 g/mol. The number of halogens is 2. The molecule has 1 aromatic heterocycles. The lowest BCUT2D eigenvalue weighted by Gasteiger charge is -2.15. The largest absolute Gasteiger partial charge is 0.490 e. The maximum Gasteiger partial charge on any atom is 0.162 e. The molecule has 2 heterocycles. The third-order valence-corrected chi connectivity index (χ3v) is 4.99. The molecule has 5 heteroatoms. The van der Waals surface area contributed by atoms with Crippen LogP contribution < -0.4 is 9.47 Å². The Morgan fingerprint density at radius 1 is 1.10 bits per heavy atom. The maximum absolute atomic E-state index is 5.75. The number of ether oxygens (including phenoxy) is 2. The Hall–Kier alpha value is -0.940. The van der Waals surface area contributed by atoms with Crippen molar-refractivity contribution in [2.24, 2.45) is 0 Å². The highest BCUT2D eigenvalue weighted by Crippen LogP contribution is 2.43. The molecule has 0 saturated heterocycles. The van der Waals surface area contributed by atoms with Crippen LogP contribution in [0.3, 0.4) is 0 Å². The lowest BCUT2D eigenvalue weighted by atomic mass is 10.0. The van der Waals surface area contributed by atoms with E-state index in [0.717, 1.165) is 39.3 Å². The van der Waals surface area contributed by atoms with Gasteiger partial charge in [-0.1, -0.05) is 31.9 Å². The number of rotatable bonds is 2. The molecule has 0 amide bonds. The van der Waals surface area contributed by atoms with E-state index in [0.29, 0.717) is 13.2 Å². The summed E-state index contributed by atoms with van der Waals surface area (Å²) in [6.07, 6.45) is 2.61. The quantitative estimate of drug-likeness (QED) is 0.664. The minimum atomic E-state index is 0.0489. The zero-order valence-electron chi connectivity index (χ0n) is 11.0. The van der Waals surface area contributed by atoms with Crippen LogP contribution in [0.5, 0.6) is 11.5 Å². The fourth-order valence-electron chi connectivity index (χ4n) is 2.22. The van der Waals surface area contributed by atoms with E-state index in [-0.39, 0.29) is 4.83 Å². The van der Waals surface area contributed by atoms with Gasteiger partial charge in [0.1, 0.15) is 5.76 Å². The van der Waals surface area contributed by atoms with Crippen LogP contribution in [0.4, 0.5) is 0 Å². The normalized spacial score (nSPS) is 15.8. The van der Waals surface area contributed by atoms with Crippen LogP contribution >= 0.6 is 31.9 Å². The van der Waals surface area contributed by atoms with E-state index in [1.807, 2.05) is 25.1 Å². The van der Waals surface area contributed by atoms with Gasteiger partial charge in [-0.3, -0.25) is 0 Å². The Labute approximate surface area is 134 Å². The van der Waals surface area contributed by atoms with Crippen molar-refractivity contribution in [1.29, 1.82) is 0 Å². The second kappa shape index (κ2) is 5.82. The number of furan rings is 1. The van der Waals surface area contributed by atoms with Crippen molar-refractivity contribution in [3.8, 4) is 11.5 Å². The van der Waals surface area contributed by atoms with Crippen molar-refractivity contribution in [3.63, 3.8) is 0 Å². The second-order valence-electron chi connectivity index (χ2n) is 4.67. The fraction of sp³-hybridized carbons (Fsp3) is 0.333. The van der Waals surface area contributed by atoms with E-state index in [1.54, 1.807) is 6.26 Å². The maximum atomic E-state index is 5.75. The summed E-state index contributed by atoms with van der Waals surface area (Å²) < 4.78 is 17.8. The molecule has 0 spiro atoms. The molecule has 2 aromatic rings. The molecule has 1 unspecified atom stereocenters. The molecule has 1 atom stereocenters. The van der Waals surface area contributed by atoms with Crippen LogP contribution in [0.2, 0.25) is 0 Å². The molecule has 3 rings (SSSR count). The number of fused-ring (bicyclic) bond motifs is 1. The molecule has 0 bridgehead atoms. The van der Waals surface area contributed by atoms with Gasteiger partial charge in [0.15, 0.2) is 11.5 Å². The van der Waals surface area contributed by atoms with Crippen LogP contribution in [0, 0.1) is 6.92 Å². The van der Waals surface area contributed by atoms with E-state index in [4.69, 9.17) is 13.9 Å². The molecule has 3 nitrogen and oxygen atoms in total. The lowest BCUT2D eigenvalue weighted by Crippen LogP contribution is -1.98. The highest BCUT2D eigenvalue weighted by atomic mass is 79.9. The van der Waals surface area contributed by atoms with Gasteiger partial charge in [-0.05, 0) is 30.7 Å². The van der Waals surface area contributed by atoms with E-state index in [1.165, 1.54) is 0 Å². The van der Waals surface area contributed by atoms with Crippen molar-refractivity contribution in [3.05, 3.63) is 45.8 Å². The Balaban J connectivity index is 2.01. The molecule has 0 N–H and O–H groups in total. The number of benzene rings is 1. The summed E-state index contributed by atoms with van der Waals surface area (Å²) in [5, 5.41) is 0. The van der Waals surface area contributed by atoms with Gasteiger partial charge < -0.3 is 13.9 Å². The summed E-state index contributed by atoms with van der Waals surface area (Å²) >= 11 is 7.35. The Bertz CT molecular complexity index is 622. The molecule has 0 saturated carbocycles. The van der Waals surface area contributed by atoms with E-state index in [9.17, 15) is 0 Å². The number of aryl methyl sites for hydroxylation is 1. The van der Waals surface area contributed by atoms with Crippen molar-refractivity contribution in [1.82, 2.24) is 0 Å². The molecule has 106 valence electrons. The molecule has 1 aromatic carbocycles. The van der Waals surface area contributed by atoms with Crippen LogP contribution in [0.1, 0.15) is 28.1 Å². The van der Waals surface area contributed by atoms with Crippen molar-refractivity contribution >= 4 is 31.9 Å². The molecule has 0 aliphatic carbocycles. The third kappa shape index (κ3) is 2.61. The van der Waals surface area contributed by atoms with E-state index < -0.39 is 0 Å². The average Bonchev–Trinajstić information content (AvgIpc) is 2.72. The van der Waals surface area contributed by atoms with Crippen molar-refractivity contribution < 1.29 is 13.9 Å². The topological polar surface area (TPSA) is 31.6 Å². The summed E-state index contributed by atoms with van der Waals surface area (Å²) in [4.78, 5) is 0.0489. The predicted octanol–water partition coefficient (Wildman–Crippen LogP) is 5.00. The Morgan fingerprint density at radius 3 is 2.45 bits per heavy atom. The van der Waals surface area contributed by atoms with Gasteiger partial charge >= 0.3 is 0 Å². The van der Waals surface area contributed by atoms with E-state index in [2.05, 4.69) is 31.9 Å². The Morgan fingerprint density at radius 2 is 1.80 bits per heavy atom. The lowest BCUT2D eigenvalue weighted by molar-refractivity contribution is 0.297. The highest BCUT2D eigenvalue weighted by molar-refractivity contribution is 9.11. The van der Waals surface area contributed by atoms with Gasteiger partial charge in [0.25, 0.3) is 0 Å². The minimum Gasteiger partial charge on any atom is -0.490 e. The average molecular weight is 402 g/mol. The van der Waals surface area contributed by atoms with Gasteiger partial charge in [0, 0.05) is 16.5 Å². The third-order valence-electron chi connectivity index (χ3n) is 3.31.